The van der Waals surface area contributed by atoms with Crippen LogP contribution < -0.4 is 9.47 Å². The summed E-state index contributed by atoms with van der Waals surface area (Å²) in [5.41, 5.74) is 0.933. The third-order valence-electron chi connectivity index (χ3n) is 3.89. The molecular weight excluding hydrogens is 357 g/mol. The molecule has 26 heavy (non-hydrogen) atoms. The van der Waals surface area contributed by atoms with Crippen LogP contribution in [-0.4, -0.2) is 30.3 Å². The summed E-state index contributed by atoms with van der Waals surface area (Å²) in [6.07, 6.45) is 1.59. The Labute approximate surface area is 154 Å². The van der Waals surface area contributed by atoms with Crippen molar-refractivity contribution in [3.8, 4) is 11.5 Å². The number of hydrogen-bond acceptors (Lipinski definition) is 5. The van der Waals surface area contributed by atoms with Gasteiger partial charge < -0.3 is 9.47 Å². The Hall–Kier alpha value is -2.80. The van der Waals surface area contributed by atoms with Crippen molar-refractivity contribution in [3.05, 3.63) is 64.3 Å². The SMILES string of the molecule is COc1ccc(/C=C2/SC(=O)N(Cc3ccccc3F)C2=O)c(OC)c1. The van der Waals surface area contributed by atoms with Gasteiger partial charge in [-0.2, -0.15) is 0 Å². The van der Waals surface area contributed by atoms with Gasteiger partial charge in [0, 0.05) is 17.2 Å². The van der Waals surface area contributed by atoms with Gasteiger partial charge in [-0.1, -0.05) is 18.2 Å². The molecule has 2 aromatic carbocycles. The predicted molar refractivity (Wildman–Crippen MR) is 97.5 cm³/mol. The van der Waals surface area contributed by atoms with E-state index in [9.17, 15) is 14.0 Å². The number of carbonyl (C=O) groups excluding carboxylic acids is 2. The highest BCUT2D eigenvalue weighted by molar-refractivity contribution is 8.18. The van der Waals surface area contributed by atoms with Gasteiger partial charge in [-0.3, -0.25) is 14.5 Å². The van der Waals surface area contributed by atoms with E-state index in [1.54, 1.807) is 49.6 Å². The van der Waals surface area contributed by atoms with E-state index in [0.717, 1.165) is 16.7 Å². The van der Waals surface area contributed by atoms with Crippen molar-refractivity contribution in [2.24, 2.45) is 0 Å². The number of halogens is 1. The minimum absolute atomic E-state index is 0.103. The van der Waals surface area contributed by atoms with E-state index in [0.29, 0.717) is 17.1 Å². The fourth-order valence-electron chi connectivity index (χ4n) is 2.51. The number of imide groups is 1. The normalized spacial score (nSPS) is 15.7. The number of amides is 2. The molecular formula is C19H16FNO4S. The Balaban J connectivity index is 1.87. The smallest absolute Gasteiger partial charge is 0.293 e. The van der Waals surface area contributed by atoms with Crippen molar-refractivity contribution in [1.29, 1.82) is 0 Å². The maximum atomic E-state index is 13.8. The highest BCUT2D eigenvalue weighted by atomic mass is 32.2. The highest BCUT2D eigenvalue weighted by Gasteiger charge is 2.35. The zero-order valence-electron chi connectivity index (χ0n) is 14.2. The number of nitrogens with zero attached hydrogens (tertiary/aromatic N) is 1. The van der Waals surface area contributed by atoms with Crippen LogP contribution in [-0.2, 0) is 11.3 Å². The standard InChI is InChI=1S/C19H16FNO4S/c1-24-14-8-7-12(16(10-14)25-2)9-17-18(22)21(19(23)26-17)11-13-5-3-4-6-15(13)20/h3-10H,11H2,1-2H3/b17-9+. The van der Waals surface area contributed by atoms with Crippen molar-refractivity contribution in [1.82, 2.24) is 4.90 Å². The van der Waals surface area contributed by atoms with Crippen LogP contribution in [0, 0.1) is 5.82 Å². The van der Waals surface area contributed by atoms with Crippen LogP contribution in [0.4, 0.5) is 9.18 Å². The number of rotatable bonds is 5. The molecule has 0 aromatic heterocycles. The van der Waals surface area contributed by atoms with E-state index in [1.165, 1.54) is 13.2 Å². The summed E-state index contributed by atoms with van der Waals surface area (Å²) in [6, 6.07) is 11.2. The summed E-state index contributed by atoms with van der Waals surface area (Å²) >= 11 is 0.820. The van der Waals surface area contributed by atoms with Gasteiger partial charge in [0.2, 0.25) is 0 Å². The van der Waals surface area contributed by atoms with Crippen LogP contribution >= 0.6 is 11.8 Å². The first kappa shape index (κ1) is 18.0. The quantitative estimate of drug-likeness (QED) is 0.739. The summed E-state index contributed by atoms with van der Waals surface area (Å²) in [5.74, 6) is 0.227. The van der Waals surface area contributed by atoms with Crippen molar-refractivity contribution in [3.63, 3.8) is 0 Å². The maximum Gasteiger partial charge on any atom is 0.293 e. The molecule has 7 heteroatoms. The molecule has 2 aromatic rings. The first-order valence-corrected chi connectivity index (χ1v) is 8.56. The number of benzene rings is 2. The zero-order chi connectivity index (χ0) is 18.7. The van der Waals surface area contributed by atoms with E-state index in [-0.39, 0.29) is 17.0 Å². The van der Waals surface area contributed by atoms with E-state index >= 15 is 0 Å². The predicted octanol–water partition coefficient (Wildman–Crippen LogP) is 4.08. The summed E-state index contributed by atoms with van der Waals surface area (Å²) in [5, 5.41) is -0.433. The van der Waals surface area contributed by atoms with Crippen molar-refractivity contribution in [2.75, 3.05) is 14.2 Å². The average Bonchev–Trinajstić information content (AvgIpc) is 2.91. The minimum atomic E-state index is -0.457. The molecule has 1 aliphatic heterocycles. The number of hydrogen-bond donors (Lipinski definition) is 0. The number of methoxy groups -OCH3 is 2. The second-order valence-electron chi connectivity index (χ2n) is 5.47. The molecule has 0 saturated carbocycles. The Bertz CT molecular complexity index is 897. The largest absolute Gasteiger partial charge is 0.497 e. The van der Waals surface area contributed by atoms with Gasteiger partial charge in [-0.05, 0) is 36.0 Å². The van der Waals surface area contributed by atoms with Gasteiger partial charge in [0.05, 0.1) is 25.7 Å². The molecule has 0 atom stereocenters. The monoisotopic (exact) mass is 373 g/mol. The van der Waals surface area contributed by atoms with E-state index in [2.05, 4.69) is 0 Å². The first-order valence-electron chi connectivity index (χ1n) is 7.74. The topological polar surface area (TPSA) is 55.8 Å². The molecule has 0 aliphatic carbocycles. The molecule has 3 rings (SSSR count). The van der Waals surface area contributed by atoms with Gasteiger partial charge >= 0.3 is 0 Å². The molecule has 0 radical (unpaired) electrons. The first-order chi connectivity index (χ1) is 12.5. The van der Waals surface area contributed by atoms with Crippen molar-refractivity contribution < 1.29 is 23.5 Å². The maximum absolute atomic E-state index is 13.8. The van der Waals surface area contributed by atoms with E-state index in [4.69, 9.17) is 9.47 Å². The van der Waals surface area contributed by atoms with Crippen LogP contribution in [0.15, 0.2) is 47.4 Å². The van der Waals surface area contributed by atoms with E-state index in [1.807, 2.05) is 0 Å². The zero-order valence-corrected chi connectivity index (χ0v) is 15.0. The summed E-state index contributed by atoms with van der Waals surface area (Å²) in [7, 11) is 3.05. The summed E-state index contributed by atoms with van der Waals surface area (Å²) < 4.78 is 24.3. The Morgan fingerprint density at radius 1 is 1.12 bits per heavy atom. The van der Waals surface area contributed by atoms with Crippen LogP contribution in [0.5, 0.6) is 11.5 Å². The molecule has 0 spiro atoms. The molecule has 2 amide bonds. The Kier molecular flexibility index (Phi) is 5.27. The number of carbonyl (C=O) groups is 2. The highest BCUT2D eigenvalue weighted by Crippen LogP contribution is 2.35. The van der Waals surface area contributed by atoms with Crippen LogP contribution in [0.25, 0.3) is 6.08 Å². The van der Waals surface area contributed by atoms with Gasteiger partial charge in [0.15, 0.2) is 0 Å². The third kappa shape index (κ3) is 3.57. The second-order valence-corrected chi connectivity index (χ2v) is 6.46. The molecule has 5 nitrogen and oxygen atoms in total. The Morgan fingerprint density at radius 3 is 2.58 bits per heavy atom. The number of thioether (sulfide) groups is 1. The molecule has 1 fully saturated rings. The fourth-order valence-corrected chi connectivity index (χ4v) is 3.34. The fraction of sp³-hybridized carbons (Fsp3) is 0.158. The second kappa shape index (κ2) is 7.61. The molecule has 0 bridgehead atoms. The van der Waals surface area contributed by atoms with Crippen LogP contribution in [0.2, 0.25) is 0 Å². The summed E-state index contributed by atoms with van der Waals surface area (Å²) in [6.45, 7) is -0.103. The Morgan fingerprint density at radius 2 is 1.88 bits per heavy atom. The molecule has 1 aliphatic rings. The number of ether oxygens (including phenoxy) is 2. The van der Waals surface area contributed by atoms with Crippen molar-refractivity contribution in [2.45, 2.75) is 6.54 Å². The molecule has 0 N–H and O–H groups in total. The lowest BCUT2D eigenvalue weighted by Crippen LogP contribution is -2.27. The lowest BCUT2D eigenvalue weighted by atomic mass is 10.1. The lowest BCUT2D eigenvalue weighted by molar-refractivity contribution is -0.123. The van der Waals surface area contributed by atoms with Crippen LogP contribution in [0.3, 0.4) is 0 Å². The molecule has 0 unspecified atom stereocenters. The average molecular weight is 373 g/mol. The molecule has 1 heterocycles. The van der Waals surface area contributed by atoms with Crippen LogP contribution in [0.1, 0.15) is 11.1 Å². The third-order valence-corrected chi connectivity index (χ3v) is 4.79. The van der Waals surface area contributed by atoms with Crippen molar-refractivity contribution >= 4 is 29.0 Å². The summed E-state index contributed by atoms with van der Waals surface area (Å²) in [4.78, 5) is 26.1. The molecule has 134 valence electrons. The molecule has 1 saturated heterocycles. The van der Waals surface area contributed by atoms with Gasteiger partial charge in [0.1, 0.15) is 17.3 Å². The van der Waals surface area contributed by atoms with Gasteiger partial charge in [0.25, 0.3) is 11.1 Å². The van der Waals surface area contributed by atoms with Gasteiger partial charge in [-0.15, -0.1) is 0 Å². The van der Waals surface area contributed by atoms with Gasteiger partial charge in [-0.25, -0.2) is 4.39 Å². The van der Waals surface area contributed by atoms with E-state index < -0.39 is 17.0 Å². The minimum Gasteiger partial charge on any atom is -0.497 e. The lowest BCUT2D eigenvalue weighted by Gasteiger charge is -2.13.